The highest BCUT2D eigenvalue weighted by Crippen LogP contribution is 2.26. The smallest absolute Gasteiger partial charge is 0.233 e. The third-order valence-electron chi connectivity index (χ3n) is 2.22. The Morgan fingerprint density at radius 1 is 1.27 bits per heavy atom. The monoisotopic (exact) mass is 218 g/mol. The van der Waals surface area contributed by atoms with Gasteiger partial charge in [0.2, 0.25) is 5.82 Å². The number of hydrogen-bond donors (Lipinski definition) is 0. The quantitative estimate of drug-likeness (QED) is 0.777. The van der Waals surface area contributed by atoms with E-state index in [2.05, 4.69) is 9.97 Å². The summed E-state index contributed by atoms with van der Waals surface area (Å²) >= 11 is 0. The summed E-state index contributed by atoms with van der Waals surface area (Å²) in [4.78, 5) is 6.63. The zero-order valence-corrected chi connectivity index (χ0v) is 8.67. The van der Waals surface area contributed by atoms with E-state index in [1.165, 1.54) is 12.4 Å². The Bertz CT molecular complexity index is 305. The van der Waals surface area contributed by atoms with Crippen LogP contribution in [0.5, 0.6) is 0 Å². The van der Waals surface area contributed by atoms with Gasteiger partial charge in [0.25, 0.3) is 0 Å². The summed E-state index contributed by atoms with van der Waals surface area (Å²) in [7, 11) is 0. The van der Waals surface area contributed by atoms with E-state index in [-0.39, 0.29) is 5.92 Å². The molecule has 1 atom stereocenters. The van der Waals surface area contributed by atoms with Gasteiger partial charge >= 0.3 is 6.18 Å². The van der Waals surface area contributed by atoms with Crippen LogP contribution in [0, 0.1) is 0 Å². The minimum atomic E-state index is -4.45. The molecule has 1 rings (SSSR count). The largest absolute Gasteiger partial charge is 0.451 e. The molecular formula is C10H13F3N2. The van der Waals surface area contributed by atoms with Crippen LogP contribution in [0.25, 0.3) is 0 Å². The average molecular weight is 218 g/mol. The van der Waals surface area contributed by atoms with Gasteiger partial charge in [0.05, 0.1) is 0 Å². The molecule has 0 radical (unpaired) electrons. The van der Waals surface area contributed by atoms with Crippen LogP contribution in [0.1, 0.15) is 44.0 Å². The molecule has 0 N–H and O–H groups in total. The lowest BCUT2D eigenvalue weighted by atomic mass is 10.00. The number of aromatic nitrogens is 2. The van der Waals surface area contributed by atoms with Crippen LogP contribution in [0.2, 0.25) is 0 Å². The van der Waals surface area contributed by atoms with E-state index in [1.54, 1.807) is 0 Å². The number of halogens is 3. The average Bonchev–Trinajstić information content (AvgIpc) is 2.17. The van der Waals surface area contributed by atoms with Crippen LogP contribution in [0.3, 0.4) is 0 Å². The summed E-state index contributed by atoms with van der Waals surface area (Å²) in [5.41, 5.74) is 0.754. The maximum absolute atomic E-state index is 12.1. The van der Waals surface area contributed by atoms with Gasteiger partial charge in [-0.1, -0.05) is 20.3 Å². The van der Waals surface area contributed by atoms with E-state index in [0.29, 0.717) is 0 Å². The van der Waals surface area contributed by atoms with Gasteiger partial charge in [-0.15, -0.1) is 0 Å². The third-order valence-corrected chi connectivity index (χ3v) is 2.22. The first kappa shape index (κ1) is 11.9. The predicted molar refractivity (Wildman–Crippen MR) is 50.4 cm³/mol. The fourth-order valence-electron chi connectivity index (χ4n) is 1.34. The molecule has 0 aliphatic rings. The predicted octanol–water partition coefficient (Wildman–Crippen LogP) is 3.40. The summed E-state index contributed by atoms with van der Waals surface area (Å²) in [6, 6.07) is 0. The number of nitrogens with zero attached hydrogens (tertiary/aromatic N) is 2. The highest BCUT2D eigenvalue weighted by Gasteiger charge is 2.34. The van der Waals surface area contributed by atoms with Crippen molar-refractivity contribution in [2.45, 2.75) is 38.8 Å². The summed E-state index contributed by atoms with van der Waals surface area (Å²) in [6.07, 6.45) is -0.0181. The van der Waals surface area contributed by atoms with Crippen LogP contribution in [-0.2, 0) is 6.18 Å². The zero-order chi connectivity index (χ0) is 11.5. The van der Waals surface area contributed by atoms with Gasteiger partial charge in [-0.05, 0) is 17.9 Å². The summed E-state index contributed by atoms with van der Waals surface area (Å²) in [5.74, 6) is -0.868. The molecule has 84 valence electrons. The van der Waals surface area contributed by atoms with Gasteiger partial charge in [-0.3, -0.25) is 0 Å². The summed E-state index contributed by atoms with van der Waals surface area (Å²) in [6.45, 7) is 3.98. The van der Waals surface area contributed by atoms with Crippen LogP contribution >= 0.6 is 0 Å². The van der Waals surface area contributed by atoms with Crippen molar-refractivity contribution in [1.29, 1.82) is 0 Å². The molecule has 1 aromatic heterocycles. The Labute approximate surface area is 86.6 Å². The molecule has 1 aromatic rings. The van der Waals surface area contributed by atoms with E-state index < -0.39 is 12.0 Å². The van der Waals surface area contributed by atoms with E-state index >= 15 is 0 Å². The lowest BCUT2D eigenvalue weighted by molar-refractivity contribution is -0.145. The molecule has 0 fully saturated rings. The molecule has 5 heteroatoms. The molecule has 1 heterocycles. The minimum absolute atomic E-state index is 0.206. The van der Waals surface area contributed by atoms with E-state index in [1.807, 2.05) is 13.8 Å². The lowest BCUT2D eigenvalue weighted by Crippen LogP contribution is -2.11. The Balaban J connectivity index is 2.81. The topological polar surface area (TPSA) is 25.8 Å². The van der Waals surface area contributed by atoms with Crippen LogP contribution in [0.4, 0.5) is 13.2 Å². The molecule has 15 heavy (non-hydrogen) atoms. The summed E-state index contributed by atoms with van der Waals surface area (Å²) in [5, 5.41) is 0. The van der Waals surface area contributed by atoms with Crippen LogP contribution in [-0.4, -0.2) is 9.97 Å². The molecule has 2 nitrogen and oxygen atoms in total. The van der Waals surface area contributed by atoms with Crippen LogP contribution in [0.15, 0.2) is 12.4 Å². The van der Waals surface area contributed by atoms with Gasteiger partial charge in [-0.25, -0.2) is 9.97 Å². The van der Waals surface area contributed by atoms with Gasteiger partial charge in [0.1, 0.15) is 0 Å². The van der Waals surface area contributed by atoms with Crippen molar-refractivity contribution in [3.8, 4) is 0 Å². The second kappa shape index (κ2) is 4.59. The molecule has 0 spiro atoms. The standard InChI is InChI=1S/C10H13F3N2/c1-3-4-7(2)8-5-14-9(15-6-8)10(11,12)13/h5-7H,3-4H2,1-2H3. The lowest BCUT2D eigenvalue weighted by Gasteiger charge is -2.10. The van der Waals surface area contributed by atoms with Crippen molar-refractivity contribution in [2.75, 3.05) is 0 Å². The molecule has 0 saturated carbocycles. The minimum Gasteiger partial charge on any atom is -0.233 e. The fraction of sp³-hybridized carbons (Fsp3) is 0.600. The molecule has 0 bridgehead atoms. The zero-order valence-electron chi connectivity index (χ0n) is 8.67. The molecular weight excluding hydrogens is 205 g/mol. The second-order valence-electron chi connectivity index (χ2n) is 3.53. The van der Waals surface area contributed by atoms with E-state index in [4.69, 9.17) is 0 Å². The SMILES string of the molecule is CCCC(C)c1cnc(C(F)(F)F)nc1. The van der Waals surface area contributed by atoms with Gasteiger partial charge in [0.15, 0.2) is 0 Å². The maximum atomic E-state index is 12.1. The van der Waals surface area contributed by atoms with Crippen molar-refractivity contribution in [3.05, 3.63) is 23.8 Å². The van der Waals surface area contributed by atoms with E-state index in [0.717, 1.165) is 18.4 Å². The highest BCUT2D eigenvalue weighted by atomic mass is 19.4. The van der Waals surface area contributed by atoms with Crippen LogP contribution < -0.4 is 0 Å². The Morgan fingerprint density at radius 2 is 1.80 bits per heavy atom. The summed E-state index contributed by atoms with van der Waals surface area (Å²) < 4.78 is 36.4. The fourth-order valence-corrected chi connectivity index (χ4v) is 1.34. The molecule has 0 amide bonds. The van der Waals surface area contributed by atoms with E-state index in [9.17, 15) is 13.2 Å². The number of rotatable bonds is 3. The Kier molecular flexibility index (Phi) is 3.66. The number of hydrogen-bond acceptors (Lipinski definition) is 2. The normalized spacial score (nSPS) is 13.9. The van der Waals surface area contributed by atoms with Gasteiger partial charge in [0, 0.05) is 12.4 Å². The first-order valence-corrected chi connectivity index (χ1v) is 4.84. The van der Waals surface area contributed by atoms with Crippen molar-refractivity contribution in [1.82, 2.24) is 9.97 Å². The van der Waals surface area contributed by atoms with Crippen molar-refractivity contribution in [2.24, 2.45) is 0 Å². The first-order chi connectivity index (χ1) is 6.95. The second-order valence-corrected chi connectivity index (χ2v) is 3.53. The van der Waals surface area contributed by atoms with Crippen molar-refractivity contribution < 1.29 is 13.2 Å². The molecule has 1 unspecified atom stereocenters. The van der Waals surface area contributed by atoms with Gasteiger partial charge < -0.3 is 0 Å². The highest BCUT2D eigenvalue weighted by molar-refractivity contribution is 5.11. The van der Waals surface area contributed by atoms with Crippen molar-refractivity contribution in [3.63, 3.8) is 0 Å². The first-order valence-electron chi connectivity index (χ1n) is 4.84. The molecule has 0 aromatic carbocycles. The van der Waals surface area contributed by atoms with Crippen molar-refractivity contribution >= 4 is 0 Å². The number of alkyl halides is 3. The molecule has 0 aliphatic carbocycles. The van der Waals surface area contributed by atoms with Gasteiger partial charge in [-0.2, -0.15) is 13.2 Å². The Morgan fingerprint density at radius 3 is 2.20 bits per heavy atom. The third kappa shape index (κ3) is 3.18. The molecule has 0 aliphatic heterocycles. The molecule has 0 saturated heterocycles. The Hall–Kier alpha value is -1.13. The maximum Gasteiger partial charge on any atom is 0.451 e.